The number of benzene rings is 2. The van der Waals surface area contributed by atoms with Gasteiger partial charge in [-0.3, -0.25) is 0 Å². The van der Waals surface area contributed by atoms with E-state index in [-0.39, 0.29) is 34.5 Å². The maximum absolute atomic E-state index is 11.1. The van der Waals surface area contributed by atoms with E-state index in [9.17, 15) is 13.0 Å². The molecule has 78 valence electrons. The molecule has 0 heterocycles. The molecule has 0 aliphatic rings. The number of hydrogen-bond acceptors (Lipinski definition) is 3. The van der Waals surface area contributed by atoms with Crippen LogP contribution in [-0.4, -0.2) is 13.0 Å². The van der Waals surface area contributed by atoms with Gasteiger partial charge in [0, 0.05) is 0 Å². The average Bonchev–Trinajstić information content (AvgIpc) is 2.15. The first-order valence-electron chi connectivity index (χ1n) is 4.44. The van der Waals surface area contributed by atoms with Crippen molar-refractivity contribution >= 4 is 20.9 Å². The molecule has 0 unspecified atom stereocenters. The van der Waals surface area contributed by atoms with E-state index in [2.05, 4.69) is 0 Å². The van der Waals surface area contributed by atoms with Crippen LogP contribution in [-0.2, 0) is 10.1 Å². The Morgan fingerprint density at radius 1 is 1.06 bits per heavy atom. The topological polar surface area (TPSA) is 57.2 Å². The van der Waals surface area contributed by atoms with Gasteiger partial charge in [0.25, 0.3) is 0 Å². The van der Waals surface area contributed by atoms with Crippen LogP contribution in [0.15, 0.2) is 41.3 Å². The Labute approximate surface area is 117 Å². The van der Waals surface area contributed by atoms with Crippen molar-refractivity contribution in [1.29, 1.82) is 0 Å². The molecule has 0 saturated carbocycles. The third-order valence-corrected chi connectivity index (χ3v) is 3.37. The van der Waals surface area contributed by atoms with E-state index in [0.29, 0.717) is 10.9 Å². The molecule has 0 radical (unpaired) electrons. The minimum Gasteiger partial charge on any atom is -0.744 e. The second kappa shape index (κ2) is 4.85. The maximum Gasteiger partial charge on any atom is 1.00 e. The van der Waals surface area contributed by atoms with Crippen LogP contribution >= 0.6 is 0 Å². The van der Waals surface area contributed by atoms with E-state index in [4.69, 9.17) is 0 Å². The number of rotatable bonds is 1. The molecule has 0 aliphatic heterocycles. The normalized spacial score (nSPS) is 11.1. The Balaban J connectivity index is 0.00000128. The molecule has 0 aliphatic carbocycles. The second-order valence-corrected chi connectivity index (χ2v) is 4.70. The molecule has 2 rings (SSSR count). The predicted octanol–water partition coefficient (Wildman–Crippen LogP) is -0.944. The van der Waals surface area contributed by atoms with Gasteiger partial charge in [-0.25, -0.2) is 8.42 Å². The SMILES string of the molecule is Cc1ccc2ccccc2c1S(=O)(=O)[O-].[Na+]. The third kappa shape index (κ3) is 2.47. The summed E-state index contributed by atoms with van der Waals surface area (Å²) in [4.78, 5) is -0.111. The Bertz CT molecular complexity index is 620. The maximum atomic E-state index is 11.1. The monoisotopic (exact) mass is 244 g/mol. The second-order valence-electron chi connectivity index (χ2n) is 3.39. The van der Waals surface area contributed by atoms with Gasteiger partial charge in [0.15, 0.2) is 0 Å². The molecule has 0 N–H and O–H groups in total. The van der Waals surface area contributed by atoms with E-state index in [1.54, 1.807) is 43.3 Å². The van der Waals surface area contributed by atoms with Gasteiger partial charge in [-0.05, 0) is 23.3 Å². The summed E-state index contributed by atoms with van der Waals surface area (Å²) in [6.07, 6.45) is 0. The largest absolute Gasteiger partial charge is 1.00 e. The fourth-order valence-corrected chi connectivity index (χ4v) is 2.60. The molecular weight excluding hydrogens is 235 g/mol. The quantitative estimate of drug-likeness (QED) is 0.480. The Morgan fingerprint density at radius 3 is 2.31 bits per heavy atom. The van der Waals surface area contributed by atoms with Crippen LogP contribution in [0.2, 0.25) is 0 Å². The fraction of sp³-hybridized carbons (Fsp3) is 0.0909. The minimum atomic E-state index is -4.41. The molecule has 0 saturated heterocycles. The molecule has 16 heavy (non-hydrogen) atoms. The van der Waals surface area contributed by atoms with E-state index in [1.165, 1.54) is 0 Å². The van der Waals surface area contributed by atoms with Crippen molar-refractivity contribution in [1.82, 2.24) is 0 Å². The zero-order valence-corrected chi connectivity index (χ0v) is 11.9. The molecule has 0 aromatic heterocycles. The van der Waals surface area contributed by atoms with Crippen molar-refractivity contribution in [2.24, 2.45) is 0 Å². The van der Waals surface area contributed by atoms with E-state index in [0.717, 1.165) is 5.39 Å². The van der Waals surface area contributed by atoms with E-state index in [1.807, 2.05) is 0 Å². The van der Waals surface area contributed by atoms with Gasteiger partial charge in [0.05, 0.1) is 4.90 Å². The molecule has 0 atom stereocenters. The summed E-state index contributed by atoms with van der Waals surface area (Å²) < 4.78 is 33.3. The van der Waals surface area contributed by atoms with Crippen molar-refractivity contribution in [2.45, 2.75) is 11.8 Å². The van der Waals surface area contributed by atoms with Crippen LogP contribution in [0.5, 0.6) is 0 Å². The molecule has 2 aromatic carbocycles. The summed E-state index contributed by atoms with van der Waals surface area (Å²) in [5, 5.41) is 1.25. The van der Waals surface area contributed by atoms with Gasteiger partial charge in [-0.2, -0.15) is 0 Å². The van der Waals surface area contributed by atoms with Crippen LogP contribution < -0.4 is 29.6 Å². The molecular formula is C11H9NaO3S. The number of aryl methyl sites for hydroxylation is 1. The standard InChI is InChI=1S/C11H10O3S.Na/c1-8-6-7-9-4-2-3-5-10(9)11(8)15(12,13)14;/h2-7H,1H3,(H,12,13,14);/q;+1/p-1. The van der Waals surface area contributed by atoms with Gasteiger partial charge in [-0.1, -0.05) is 36.4 Å². The van der Waals surface area contributed by atoms with E-state index >= 15 is 0 Å². The predicted molar refractivity (Wildman–Crippen MR) is 56.6 cm³/mol. The summed E-state index contributed by atoms with van der Waals surface area (Å²) >= 11 is 0. The third-order valence-electron chi connectivity index (χ3n) is 2.33. The van der Waals surface area contributed by atoms with E-state index < -0.39 is 10.1 Å². The first-order valence-corrected chi connectivity index (χ1v) is 5.85. The van der Waals surface area contributed by atoms with Gasteiger partial charge < -0.3 is 4.55 Å². The van der Waals surface area contributed by atoms with Crippen molar-refractivity contribution in [3.8, 4) is 0 Å². The summed E-state index contributed by atoms with van der Waals surface area (Å²) in [7, 11) is -4.41. The van der Waals surface area contributed by atoms with Crippen molar-refractivity contribution in [3.05, 3.63) is 42.0 Å². The number of fused-ring (bicyclic) bond motifs is 1. The smallest absolute Gasteiger partial charge is 0.744 e. The summed E-state index contributed by atoms with van der Waals surface area (Å²) in [5.41, 5.74) is 0.490. The van der Waals surface area contributed by atoms with Crippen molar-refractivity contribution in [3.63, 3.8) is 0 Å². The number of hydrogen-bond donors (Lipinski definition) is 0. The van der Waals surface area contributed by atoms with Crippen molar-refractivity contribution < 1.29 is 42.5 Å². The van der Waals surface area contributed by atoms with Gasteiger partial charge in [-0.15, -0.1) is 0 Å². The first-order chi connectivity index (χ1) is 7.00. The van der Waals surface area contributed by atoms with Crippen molar-refractivity contribution in [2.75, 3.05) is 0 Å². The van der Waals surface area contributed by atoms with Crippen LogP contribution in [0.3, 0.4) is 0 Å². The molecule has 3 nitrogen and oxygen atoms in total. The molecule has 5 heteroatoms. The van der Waals surface area contributed by atoms with Gasteiger partial charge in [0.2, 0.25) is 0 Å². The first kappa shape index (κ1) is 13.7. The Kier molecular flexibility index (Phi) is 4.15. The van der Waals surface area contributed by atoms with Crippen LogP contribution in [0, 0.1) is 6.92 Å². The molecule has 0 amide bonds. The zero-order chi connectivity index (χ0) is 11.1. The Hall–Kier alpha value is -0.390. The zero-order valence-electron chi connectivity index (χ0n) is 9.10. The van der Waals surface area contributed by atoms with Crippen LogP contribution in [0.4, 0.5) is 0 Å². The Morgan fingerprint density at radius 2 is 1.69 bits per heavy atom. The summed E-state index contributed by atoms with van der Waals surface area (Å²) in [6.45, 7) is 1.62. The van der Waals surface area contributed by atoms with Crippen LogP contribution in [0.25, 0.3) is 10.8 Å². The van der Waals surface area contributed by atoms with Gasteiger partial charge in [0.1, 0.15) is 10.1 Å². The fourth-order valence-electron chi connectivity index (χ4n) is 1.68. The minimum absolute atomic E-state index is 0. The molecule has 0 fully saturated rings. The average molecular weight is 244 g/mol. The molecule has 0 bridgehead atoms. The molecule has 2 aromatic rings. The van der Waals surface area contributed by atoms with Crippen LogP contribution in [0.1, 0.15) is 5.56 Å². The summed E-state index contributed by atoms with van der Waals surface area (Å²) in [6, 6.07) is 10.4. The van der Waals surface area contributed by atoms with Gasteiger partial charge >= 0.3 is 29.6 Å². The summed E-state index contributed by atoms with van der Waals surface area (Å²) in [5.74, 6) is 0. The molecule has 0 spiro atoms.